The molecule has 1 atom stereocenters. The van der Waals surface area contributed by atoms with Crippen molar-refractivity contribution in [2.24, 2.45) is 0 Å². The highest BCUT2D eigenvalue weighted by molar-refractivity contribution is 8.09. The summed E-state index contributed by atoms with van der Waals surface area (Å²) < 4.78 is 5.90. The molecule has 0 radical (unpaired) electrons. The van der Waals surface area contributed by atoms with Gasteiger partial charge >= 0.3 is 0 Å². The molecule has 2 aliphatic carbocycles. The molecule has 16 heavy (non-hydrogen) atoms. The fourth-order valence-electron chi connectivity index (χ4n) is 2.88. The maximum absolute atomic E-state index is 10.4. The van der Waals surface area contributed by atoms with Crippen molar-refractivity contribution in [3.05, 3.63) is 0 Å². The Morgan fingerprint density at radius 3 is 1.94 bits per heavy atom. The molecule has 0 aliphatic heterocycles. The first-order valence-electron chi connectivity index (χ1n) is 6.69. The van der Waals surface area contributed by atoms with Gasteiger partial charge in [-0.05, 0) is 37.5 Å². The monoisotopic (exact) mass is 262 g/mol. The molecule has 94 valence electrons. The molecule has 0 aromatic heterocycles. The molecule has 2 rings (SSSR count). The van der Waals surface area contributed by atoms with E-state index >= 15 is 0 Å². The van der Waals surface area contributed by atoms with Gasteiger partial charge in [-0.25, -0.2) is 0 Å². The molecule has 1 unspecified atom stereocenters. The second kappa shape index (κ2) is 5.95. The highest BCUT2D eigenvalue weighted by atomic mass is 32.5. The van der Waals surface area contributed by atoms with Gasteiger partial charge in [0.1, 0.15) is 0 Å². The van der Waals surface area contributed by atoms with Crippen LogP contribution >= 0.6 is 6.49 Å². The average molecular weight is 262 g/mol. The van der Waals surface area contributed by atoms with E-state index in [0.29, 0.717) is 0 Å². The van der Waals surface area contributed by atoms with Gasteiger partial charge in [-0.3, -0.25) is 0 Å². The van der Waals surface area contributed by atoms with Crippen molar-refractivity contribution in [2.45, 2.75) is 76.0 Å². The Bertz CT molecular complexity index is 258. The van der Waals surface area contributed by atoms with Crippen LogP contribution in [0.15, 0.2) is 0 Å². The third-order valence-electron chi connectivity index (χ3n) is 3.89. The lowest BCUT2D eigenvalue weighted by Gasteiger charge is -2.33. The molecular formula is C12H23O2PS. The molecule has 1 N–H and O–H groups in total. The smallest absolute Gasteiger partial charge is 0.189 e. The SMILES string of the molecule is OP(=S)(OC1CCCCC1)C1CCCCC1. The second-order valence-electron chi connectivity index (χ2n) is 5.22. The summed E-state index contributed by atoms with van der Waals surface area (Å²) in [5, 5.41) is 0. The van der Waals surface area contributed by atoms with Gasteiger partial charge < -0.3 is 9.42 Å². The van der Waals surface area contributed by atoms with Crippen LogP contribution in [0.4, 0.5) is 0 Å². The van der Waals surface area contributed by atoms with Crippen LogP contribution in [0.2, 0.25) is 0 Å². The van der Waals surface area contributed by atoms with Crippen LogP contribution in [0.5, 0.6) is 0 Å². The minimum absolute atomic E-state index is 0.256. The summed E-state index contributed by atoms with van der Waals surface area (Å²) in [5.74, 6) is 0. The zero-order chi connectivity index (χ0) is 11.4. The lowest BCUT2D eigenvalue weighted by Crippen LogP contribution is -2.21. The Balaban J connectivity index is 1.87. The first-order valence-corrected chi connectivity index (χ1v) is 9.43. The van der Waals surface area contributed by atoms with Crippen molar-refractivity contribution in [2.75, 3.05) is 0 Å². The summed E-state index contributed by atoms with van der Waals surface area (Å²) in [4.78, 5) is 10.4. The van der Waals surface area contributed by atoms with Gasteiger partial charge in [0.25, 0.3) is 0 Å². The van der Waals surface area contributed by atoms with Gasteiger partial charge in [-0.1, -0.05) is 38.5 Å². The van der Waals surface area contributed by atoms with Crippen LogP contribution in [0.1, 0.15) is 64.2 Å². The van der Waals surface area contributed by atoms with Crippen LogP contribution in [0.3, 0.4) is 0 Å². The van der Waals surface area contributed by atoms with E-state index in [0.717, 1.165) is 25.7 Å². The number of hydrogen-bond acceptors (Lipinski definition) is 2. The molecule has 0 spiro atoms. The van der Waals surface area contributed by atoms with E-state index in [1.807, 2.05) is 0 Å². The standard InChI is InChI=1S/C12H23O2PS/c13-15(16,12-9-5-2-6-10-12)14-11-7-3-1-4-8-11/h11-12H,1-10H2,(H,13,16). The minimum atomic E-state index is -2.50. The van der Waals surface area contributed by atoms with E-state index in [1.54, 1.807) is 0 Å². The normalized spacial score (nSPS) is 28.8. The molecule has 2 nitrogen and oxygen atoms in total. The van der Waals surface area contributed by atoms with Crippen LogP contribution in [-0.4, -0.2) is 16.7 Å². The molecule has 2 aliphatic rings. The van der Waals surface area contributed by atoms with Crippen molar-refractivity contribution < 1.29 is 9.42 Å². The van der Waals surface area contributed by atoms with Crippen molar-refractivity contribution in [3.63, 3.8) is 0 Å². The fraction of sp³-hybridized carbons (Fsp3) is 1.00. The summed E-state index contributed by atoms with van der Waals surface area (Å²) in [7, 11) is 0. The van der Waals surface area contributed by atoms with E-state index < -0.39 is 6.49 Å². The third kappa shape index (κ3) is 3.53. The number of rotatable bonds is 3. The molecule has 0 aromatic carbocycles. The highest BCUT2D eigenvalue weighted by Gasteiger charge is 2.31. The maximum Gasteiger partial charge on any atom is 0.189 e. The predicted molar refractivity (Wildman–Crippen MR) is 71.3 cm³/mol. The van der Waals surface area contributed by atoms with Crippen molar-refractivity contribution in [1.82, 2.24) is 0 Å². The quantitative estimate of drug-likeness (QED) is 0.780. The Labute approximate surface area is 104 Å². The van der Waals surface area contributed by atoms with Gasteiger partial charge in [0.05, 0.1) is 6.10 Å². The van der Waals surface area contributed by atoms with E-state index in [2.05, 4.69) is 0 Å². The summed E-state index contributed by atoms with van der Waals surface area (Å²) >= 11 is 5.39. The van der Waals surface area contributed by atoms with Crippen LogP contribution in [0.25, 0.3) is 0 Å². The molecule has 0 aromatic rings. The highest BCUT2D eigenvalue weighted by Crippen LogP contribution is 2.55. The molecule has 0 bridgehead atoms. The van der Waals surface area contributed by atoms with Crippen molar-refractivity contribution in [1.29, 1.82) is 0 Å². The largest absolute Gasteiger partial charge is 0.345 e. The lowest BCUT2D eigenvalue weighted by molar-refractivity contribution is 0.150. The van der Waals surface area contributed by atoms with Gasteiger partial charge in [0.15, 0.2) is 6.49 Å². The van der Waals surface area contributed by atoms with Crippen molar-refractivity contribution in [3.8, 4) is 0 Å². The van der Waals surface area contributed by atoms with Gasteiger partial charge in [-0.15, -0.1) is 0 Å². The third-order valence-corrected chi connectivity index (χ3v) is 7.08. The minimum Gasteiger partial charge on any atom is -0.345 e. The molecule has 2 saturated carbocycles. The zero-order valence-corrected chi connectivity index (χ0v) is 11.6. The Kier molecular flexibility index (Phi) is 4.84. The molecule has 4 heteroatoms. The second-order valence-corrected chi connectivity index (χ2v) is 8.86. The van der Waals surface area contributed by atoms with Crippen molar-refractivity contribution >= 4 is 18.3 Å². The first kappa shape index (κ1) is 13.0. The lowest BCUT2D eigenvalue weighted by atomic mass is 9.98. The summed E-state index contributed by atoms with van der Waals surface area (Å²) in [5.41, 5.74) is 0.290. The molecule has 2 fully saturated rings. The topological polar surface area (TPSA) is 29.5 Å². The summed E-state index contributed by atoms with van der Waals surface area (Å²) in [6.07, 6.45) is 12.2. The van der Waals surface area contributed by atoms with Crippen LogP contribution < -0.4 is 0 Å². The van der Waals surface area contributed by atoms with Gasteiger partial charge in [-0.2, -0.15) is 0 Å². The van der Waals surface area contributed by atoms with E-state index in [-0.39, 0.29) is 11.8 Å². The molecular weight excluding hydrogens is 239 g/mol. The van der Waals surface area contributed by atoms with E-state index in [9.17, 15) is 4.89 Å². The van der Waals surface area contributed by atoms with E-state index in [4.69, 9.17) is 16.3 Å². The van der Waals surface area contributed by atoms with Crippen LogP contribution in [-0.2, 0) is 16.3 Å². The Morgan fingerprint density at radius 1 is 0.875 bits per heavy atom. The zero-order valence-electron chi connectivity index (χ0n) is 9.94. The predicted octanol–water partition coefficient (Wildman–Crippen LogP) is 3.97. The molecule has 0 amide bonds. The van der Waals surface area contributed by atoms with E-state index in [1.165, 1.54) is 38.5 Å². The van der Waals surface area contributed by atoms with Crippen LogP contribution in [0, 0.1) is 0 Å². The fourth-order valence-corrected chi connectivity index (χ4v) is 5.70. The molecule has 0 heterocycles. The Hall–Kier alpha value is 0.570. The average Bonchev–Trinajstić information content (AvgIpc) is 2.31. The Morgan fingerprint density at radius 2 is 1.38 bits per heavy atom. The van der Waals surface area contributed by atoms with Gasteiger partial charge in [0.2, 0.25) is 0 Å². The summed E-state index contributed by atoms with van der Waals surface area (Å²) in [6, 6.07) is 0. The molecule has 0 saturated heterocycles. The first-order chi connectivity index (χ1) is 7.68. The number of hydrogen-bond donors (Lipinski definition) is 1. The van der Waals surface area contributed by atoms with Gasteiger partial charge in [0, 0.05) is 5.66 Å². The maximum atomic E-state index is 10.4. The summed E-state index contributed by atoms with van der Waals surface area (Å²) in [6.45, 7) is -2.50.